The van der Waals surface area contributed by atoms with Gasteiger partial charge >= 0.3 is 0 Å². The van der Waals surface area contributed by atoms with E-state index in [2.05, 4.69) is 43.7 Å². The van der Waals surface area contributed by atoms with Crippen molar-refractivity contribution in [3.05, 3.63) is 46.1 Å². The Kier molecular flexibility index (Phi) is 6.52. The molecule has 0 radical (unpaired) electrons. The van der Waals surface area contributed by atoms with E-state index < -0.39 is 0 Å². The largest absolute Gasteiger partial charge is 0.351 e. The Bertz CT molecular complexity index is 658. The summed E-state index contributed by atoms with van der Waals surface area (Å²) >= 11 is 3.51. The first-order valence-corrected chi connectivity index (χ1v) is 8.54. The molecule has 5 nitrogen and oxygen atoms in total. The number of rotatable bonds is 7. The standard InChI is InChI=1S/C17H21BrN4O/c1-3-4-5-10-19-17(23)15-8-9-16(22-21-15)20-14-7-6-12(2)11-13(14)18/h6-9,11H,3-5,10H2,1-2H3,(H,19,23)(H,20,22). The maximum atomic E-state index is 11.9. The van der Waals surface area contributed by atoms with Crippen molar-refractivity contribution >= 4 is 33.3 Å². The molecule has 0 aliphatic carbocycles. The lowest BCUT2D eigenvalue weighted by atomic mass is 10.2. The topological polar surface area (TPSA) is 66.9 Å². The Labute approximate surface area is 145 Å². The van der Waals surface area contributed by atoms with Crippen molar-refractivity contribution in [3.8, 4) is 0 Å². The summed E-state index contributed by atoms with van der Waals surface area (Å²) in [5.74, 6) is 0.411. The van der Waals surface area contributed by atoms with Crippen LogP contribution in [0.1, 0.15) is 42.2 Å². The normalized spacial score (nSPS) is 10.4. The fraction of sp³-hybridized carbons (Fsp3) is 0.353. The Balaban J connectivity index is 1.95. The SMILES string of the molecule is CCCCCNC(=O)c1ccc(Nc2ccc(C)cc2Br)nn1. The average molecular weight is 377 g/mol. The van der Waals surface area contributed by atoms with E-state index in [-0.39, 0.29) is 5.91 Å². The number of nitrogens with one attached hydrogen (secondary N) is 2. The van der Waals surface area contributed by atoms with Crippen LogP contribution in [0.25, 0.3) is 0 Å². The molecule has 0 aliphatic rings. The minimum Gasteiger partial charge on any atom is -0.351 e. The molecule has 0 bridgehead atoms. The van der Waals surface area contributed by atoms with Crippen LogP contribution in [-0.4, -0.2) is 22.6 Å². The Hall–Kier alpha value is -1.95. The molecule has 23 heavy (non-hydrogen) atoms. The van der Waals surface area contributed by atoms with E-state index in [1.807, 2.05) is 25.1 Å². The summed E-state index contributed by atoms with van der Waals surface area (Å²) in [7, 11) is 0. The van der Waals surface area contributed by atoms with E-state index in [1.165, 1.54) is 5.56 Å². The van der Waals surface area contributed by atoms with Crippen LogP contribution in [0.5, 0.6) is 0 Å². The molecule has 122 valence electrons. The molecule has 0 spiro atoms. The van der Waals surface area contributed by atoms with Gasteiger partial charge in [-0.15, -0.1) is 10.2 Å². The van der Waals surface area contributed by atoms with Gasteiger partial charge in [-0.2, -0.15) is 0 Å². The van der Waals surface area contributed by atoms with Gasteiger partial charge < -0.3 is 10.6 Å². The average Bonchev–Trinajstić information content (AvgIpc) is 2.55. The van der Waals surface area contributed by atoms with E-state index in [4.69, 9.17) is 0 Å². The van der Waals surface area contributed by atoms with E-state index in [9.17, 15) is 4.79 Å². The van der Waals surface area contributed by atoms with Gasteiger partial charge in [0, 0.05) is 11.0 Å². The van der Waals surface area contributed by atoms with Crippen LogP contribution < -0.4 is 10.6 Å². The number of carbonyl (C=O) groups excluding carboxylic acids is 1. The quantitative estimate of drug-likeness (QED) is 0.710. The van der Waals surface area contributed by atoms with Crippen molar-refractivity contribution in [3.63, 3.8) is 0 Å². The molecule has 0 saturated carbocycles. The smallest absolute Gasteiger partial charge is 0.271 e. The molecule has 1 heterocycles. The van der Waals surface area contributed by atoms with Gasteiger partial charge in [0.2, 0.25) is 0 Å². The number of hydrogen-bond donors (Lipinski definition) is 2. The molecule has 2 aromatic rings. The summed E-state index contributed by atoms with van der Waals surface area (Å²) < 4.78 is 0.956. The predicted octanol–water partition coefficient (Wildman–Crippen LogP) is 4.21. The van der Waals surface area contributed by atoms with Crippen LogP contribution in [-0.2, 0) is 0 Å². The van der Waals surface area contributed by atoms with Gasteiger partial charge in [-0.25, -0.2) is 0 Å². The number of amides is 1. The molecule has 0 unspecified atom stereocenters. The van der Waals surface area contributed by atoms with Crippen LogP contribution in [0.3, 0.4) is 0 Å². The Morgan fingerprint density at radius 1 is 1.17 bits per heavy atom. The van der Waals surface area contributed by atoms with Gasteiger partial charge in [0.15, 0.2) is 11.5 Å². The molecule has 0 fully saturated rings. The van der Waals surface area contributed by atoms with E-state index in [0.717, 1.165) is 29.4 Å². The fourth-order valence-electron chi connectivity index (χ4n) is 2.05. The first-order valence-electron chi connectivity index (χ1n) is 7.75. The zero-order valence-electron chi connectivity index (χ0n) is 13.4. The van der Waals surface area contributed by atoms with Crippen molar-refractivity contribution in [2.24, 2.45) is 0 Å². The number of carbonyl (C=O) groups is 1. The van der Waals surface area contributed by atoms with Crippen LogP contribution in [0.4, 0.5) is 11.5 Å². The van der Waals surface area contributed by atoms with Crippen LogP contribution in [0, 0.1) is 6.92 Å². The van der Waals surface area contributed by atoms with Gasteiger partial charge in [0.05, 0.1) is 5.69 Å². The van der Waals surface area contributed by atoms with E-state index in [0.29, 0.717) is 18.1 Å². The molecule has 1 amide bonds. The molecule has 6 heteroatoms. The number of halogens is 1. The molecule has 1 aromatic carbocycles. The monoisotopic (exact) mass is 376 g/mol. The number of benzene rings is 1. The van der Waals surface area contributed by atoms with Crippen LogP contribution >= 0.6 is 15.9 Å². The molecular formula is C17H21BrN4O. The zero-order chi connectivity index (χ0) is 16.7. The van der Waals surface area contributed by atoms with Gasteiger partial charge in [0.1, 0.15) is 0 Å². The lowest BCUT2D eigenvalue weighted by Gasteiger charge is -2.08. The molecule has 0 atom stereocenters. The number of anilines is 2. The first kappa shape index (κ1) is 17.4. The van der Waals surface area contributed by atoms with Crippen molar-refractivity contribution in [1.29, 1.82) is 0 Å². The van der Waals surface area contributed by atoms with Gasteiger partial charge in [-0.1, -0.05) is 25.8 Å². The highest BCUT2D eigenvalue weighted by Gasteiger charge is 2.08. The maximum absolute atomic E-state index is 11.9. The first-order chi connectivity index (χ1) is 11.1. The zero-order valence-corrected chi connectivity index (χ0v) is 15.0. The summed E-state index contributed by atoms with van der Waals surface area (Å²) in [6, 6.07) is 9.43. The minimum atomic E-state index is -0.184. The van der Waals surface area contributed by atoms with Gasteiger partial charge in [0.25, 0.3) is 5.91 Å². The Morgan fingerprint density at radius 2 is 2.00 bits per heavy atom. The molecule has 0 saturated heterocycles. The second-order valence-electron chi connectivity index (χ2n) is 5.38. The summed E-state index contributed by atoms with van der Waals surface area (Å²) in [6.07, 6.45) is 3.22. The van der Waals surface area contributed by atoms with Gasteiger partial charge in [-0.05, 0) is 59.1 Å². The maximum Gasteiger partial charge on any atom is 0.271 e. The summed E-state index contributed by atoms with van der Waals surface area (Å²) in [5.41, 5.74) is 2.40. The summed E-state index contributed by atoms with van der Waals surface area (Å²) in [6.45, 7) is 4.83. The van der Waals surface area contributed by atoms with Crippen LogP contribution in [0.15, 0.2) is 34.8 Å². The number of unbranched alkanes of at least 4 members (excludes halogenated alkanes) is 2. The highest BCUT2D eigenvalue weighted by molar-refractivity contribution is 9.10. The van der Waals surface area contributed by atoms with E-state index in [1.54, 1.807) is 12.1 Å². The number of hydrogen-bond acceptors (Lipinski definition) is 4. The molecule has 2 N–H and O–H groups in total. The molecule has 2 rings (SSSR count). The molecule has 0 aliphatic heterocycles. The second kappa shape index (κ2) is 8.62. The third-order valence-electron chi connectivity index (χ3n) is 3.35. The van der Waals surface area contributed by atoms with Crippen molar-refractivity contribution in [2.45, 2.75) is 33.1 Å². The van der Waals surface area contributed by atoms with Crippen molar-refractivity contribution in [1.82, 2.24) is 15.5 Å². The highest BCUT2D eigenvalue weighted by Crippen LogP contribution is 2.25. The van der Waals surface area contributed by atoms with Gasteiger partial charge in [-0.3, -0.25) is 4.79 Å². The van der Waals surface area contributed by atoms with Crippen molar-refractivity contribution < 1.29 is 4.79 Å². The third kappa shape index (κ3) is 5.32. The number of aromatic nitrogens is 2. The van der Waals surface area contributed by atoms with Crippen molar-refractivity contribution in [2.75, 3.05) is 11.9 Å². The molecule has 1 aromatic heterocycles. The fourth-order valence-corrected chi connectivity index (χ4v) is 2.64. The summed E-state index contributed by atoms with van der Waals surface area (Å²) in [4.78, 5) is 11.9. The predicted molar refractivity (Wildman–Crippen MR) is 96.1 cm³/mol. The number of nitrogens with zero attached hydrogens (tertiary/aromatic N) is 2. The second-order valence-corrected chi connectivity index (χ2v) is 6.23. The van der Waals surface area contributed by atoms with E-state index >= 15 is 0 Å². The van der Waals surface area contributed by atoms with Crippen LogP contribution in [0.2, 0.25) is 0 Å². The summed E-state index contributed by atoms with van der Waals surface area (Å²) in [5, 5.41) is 14.1. The number of aryl methyl sites for hydroxylation is 1. The third-order valence-corrected chi connectivity index (χ3v) is 4.01. The molecular weight excluding hydrogens is 356 g/mol. The lowest BCUT2D eigenvalue weighted by molar-refractivity contribution is 0.0947. The minimum absolute atomic E-state index is 0.184. The Morgan fingerprint density at radius 3 is 2.65 bits per heavy atom. The highest BCUT2D eigenvalue weighted by atomic mass is 79.9. The lowest BCUT2D eigenvalue weighted by Crippen LogP contribution is -2.25.